The third kappa shape index (κ3) is 5.66. The van der Waals surface area contributed by atoms with Gasteiger partial charge in [-0.05, 0) is 53.9 Å². The van der Waals surface area contributed by atoms with Crippen LogP contribution in [-0.4, -0.2) is 41.9 Å². The molecule has 31 heavy (non-hydrogen) atoms. The molecule has 0 aliphatic carbocycles. The Kier molecular flexibility index (Phi) is 6.90. The standard InChI is InChI=1S/C26H27ClN2O2/c1-20-6-2-3-8-23(20)18-28-12-14-29(15-13-28)26(30)22-9-4-7-21(16-22)19-31-25-11-5-10-24(27)17-25/h2-11,16-17H,12-15,18-19H2,1H3. The summed E-state index contributed by atoms with van der Waals surface area (Å²) in [7, 11) is 0. The molecule has 5 heteroatoms. The lowest BCUT2D eigenvalue weighted by molar-refractivity contribution is 0.0628. The van der Waals surface area contributed by atoms with Gasteiger partial charge in [-0.3, -0.25) is 9.69 Å². The summed E-state index contributed by atoms with van der Waals surface area (Å²) in [6.45, 7) is 6.74. The second-order valence-corrected chi connectivity index (χ2v) is 8.38. The summed E-state index contributed by atoms with van der Waals surface area (Å²) >= 11 is 6.01. The summed E-state index contributed by atoms with van der Waals surface area (Å²) in [5.41, 5.74) is 4.34. The summed E-state index contributed by atoms with van der Waals surface area (Å²) in [6, 6.07) is 23.5. The van der Waals surface area contributed by atoms with E-state index in [2.05, 4.69) is 36.1 Å². The van der Waals surface area contributed by atoms with Crippen molar-refractivity contribution in [1.29, 1.82) is 0 Å². The van der Waals surface area contributed by atoms with Gasteiger partial charge in [0.2, 0.25) is 0 Å². The molecule has 0 unspecified atom stereocenters. The molecule has 0 saturated carbocycles. The number of hydrogen-bond acceptors (Lipinski definition) is 3. The predicted molar refractivity (Wildman–Crippen MR) is 125 cm³/mol. The van der Waals surface area contributed by atoms with Gasteiger partial charge in [-0.1, -0.05) is 54.1 Å². The van der Waals surface area contributed by atoms with E-state index in [9.17, 15) is 4.79 Å². The topological polar surface area (TPSA) is 32.8 Å². The smallest absolute Gasteiger partial charge is 0.253 e. The van der Waals surface area contributed by atoms with Gasteiger partial charge in [0, 0.05) is 43.3 Å². The average Bonchev–Trinajstić information content (AvgIpc) is 2.79. The van der Waals surface area contributed by atoms with Gasteiger partial charge in [-0.2, -0.15) is 0 Å². The van der Waals surface area contributed by atoms with Crippen molar-refractivity contribution in [1.82, 2.24) is 9.80 Å². The van der Waals surface area contributed by atoms with E-state index in [1.54, 1.807) is 6.07 Å². The molecule has 0 atom stereocenters. The number of carbonyl (C=O) groups is 1. The zero-order chi connectivity index (χ0) is 21.6. The van der Waals surface area contributed by atoms with Crippen LogP contribution >= 0.6 is 11.6 Å². The molecular formula is C26H27ClN2O2. The van der Waals surface area contributed by atoms with Crippen LogP contribution < -0.4 is 4.74 Å². The molecule has 160 valence electrons. The van der Waals surface area contributed by atoms with Gasteiger partial charge in [0.05, 0.1) is 0 Å². The fourth-order valence-electron chi connectivity index (χ4n) is 3.84. The Hall–Kier alpha value is -2.82. The maximum Gasteiger partial charge on any atom is 0.253 e. The number of halogens is 1. The Morgan fingerprint density at radius 1 is 0.935 bits per heavy atom. The number of nitrogens with zero attached hydrogens (tertiary/aromatic N) is 2. The highest BCUT2D eigenvalue weighted by Gasteiger charge is 2.22. The maximum absolute atomic E-state index is 13.0. The Morgan fingerprint density at radius 3 is 2.48 bits per heavy atom. The van der Waals surface area contributed by atoms with Gasteiger partial charge < -0.3 is 9.64 Å². The quantitative estimate of drug-likeness (QED) is 0.535. The fraction of sp³-hybridized carbons (Fsp3) is 0.269. The second-order valence-electron chi connectivity index (χ2n) is 7.94. The predicted octanol–water partition coefficient (Wildman–Crippen LogP) is 5.19. The van der Waals surface area contributed by atoms with Crippen LogP contribution in [0.1, 0.15) is 27.0 Å². The average molecular weight is 435 g/mol. The van der Waals surface area contributed by atoms with Crippen molar-refractivity contribution in [3.8, 4) is 5.75 Å². The first-order valence-corrected chi connectivity index (χ1v) is 11.0. The molecule has 4 nitrogen and oxygen atoms in total. The van der Waals surface area contributed by atoms with E-state index in [4.69, 9.17) is 16.3 Å². The molecule has 1 amide bonds. The van der Waals surface area contributed by atoms with E-state index >= 15 is 0 Å². The fourth-order valence-corrected chi connectivity index (χ4v) is 4.02. The van der Waals surface area contributed by atoms with Crippen LogP contribution in [0, 0.1) is 6.92 Å². The molecule has 0 bridgehead atoms. The molecule has 3 aromatic rings. The summed E-state index contributed by atoms with van der Waals surface area (Å²) in [5.74, 6) is 0.800. The third-order valence-electron chi connectivity index (χ3n) is 5.69. The van der Waals surface area contributed by atoms with E-state index in [0.29, 0.717) is 22.9 Å². The molecule has 1 heterocycles. The van der Waals surface area contributed by atoms with Crippen molar-refractivity contribution in [3.63, 3.8) is 0 Å². The number of hydrogen-bond donors (Lipinski definition) is 0. The Bertz CT molecular complexity index is 1040. The van der Waals surface area contributed by atoms with Gasteiger partial charge >= 0.3 is 0 Å². The normalized spacial score (nSPS) is 14.5. The number of carbonyl (C=O) groups excluding carboxylic acids is 1. The van der Waals surface area contributed by atoms with E-state index in [-0.39, 0.29) is 5.91 Å². The zero-order valence-corrected chi connectivity index (χ0v) is 18.5. The maximum atomic E-state index is 13.0. The molecule has 1 fully saturated rings. The highest BCUT2D eigenvalue weighted by atomic mass is 35.5. The molecule has 1 aliphatic heterocycles. The molecule has 1 saturated heterocycles. The van der Waals surface area contributed by atoms with Gasteiger partial charge in [0.15, 0.2) is 0 Å². The molecule has 1 aliphatic rings. The molecule has 0 spiro atoms. The lowest BCUT2D eigenvalue weighted by Gasteiger charge is -2.35. The van der Waals surface area contributed by atoms with Crippen LogP contribution in [0.15, 0.2) is 72.8 Å². The van der Waals surface area contributed by atoms with E-state index < -0.39 is 0 Å². The van der Waals surface area contributed by atoms with E-state index in [1.165, 1.54) is 11.1 Å². The Balaban J connectivity index is 1.32. The molecule has 4 rings (SSSR count). The minimum atomic E-state index is 0.0835. The summed E-state index contributed by atoms with van der Waals surface area (Å²) in [4.78, 5) is 17.4. The summed E-state index contributed by atoms with van der Waals surface area (Å²) < 4.78 is 5.82. The highest BCUT2D eigenvalue weighted by molar-refractivity contribution is 6.30. The minimum absolute atomic E-state index is 0.0835. The third-order valence-corrected chi connectivity index (χ3v) is 5.93. The van der Waals surface area contributed by atoms with Crippen molar-refractivity contribution in [2.45, 2.75) is 20.1 Å². The number of amides is 1. The lowest BCUT2D eigenvalue weighted by Crippen LogP contribution is -2.48. The summed E-state index contributed by atoms with van der Waals surface area (Å²) in [6.07, 6.45) is 0. The van der Waals surface area contributed by atoms with Crippen LogP contribution in [0.5, 0.6) is 5.75 Å². The Labute approximate surface area is 189 Å². The summed E-state index contributed by atoms with van der Waals surface area (Å²) in [5, 5.41) is 0.642. The first kappa shape index (κ1) is 21.4. The molecular weight excluding hydrogens is 408 g/mol. The second kappa shape index (κ2) is 9.99. The monoisotopic (exact) mass is 434 g/mol. The van der Waals surface area contributed by atoms with Crippen molar-refractivity contribution >= 4 is 17.5 Å². The van der Waals surface area contributed by atoms with Crippen LogP contribution in [0.2, 0.25) is 5.02 Å². The van der Waals surface area contributed by atoms with E-state index in [1.807, 2.05) is 47.4 Å². The highest BCUT2D eigenvalue weighted by Crippen LogP contribution is 2.19. The lowest BCUT2D eigenvalue weighted by atomic mass is 10.1. The number of piperazine rings is 1. The first-order chi connectivity index (χ1) is 15.1. The van der Waals surface area contributed by atoms with Crippen LogP contribution in [0.3, 0.4) is 0 Å². The van der Waals surface area contributed by atoms with Gasteiger partial charge in [0.25, 0.3) is 5.91 Å². The largest absolute Gasteiger partial charge is 0.489 e. The molecule has 0 aromatic heterocycles. The van der Waals surface area contributed by atoms with Crippen LogP contribution in [0.25, 0.3) is 0 Å². The minimum Gasteiger partial charge on any atom is -0.489 e. The van der Waals surface area contributed by atoms with Crippen LogP contribution in [0.4, 0.5) is 0 Å². The molecule has 0 N–H and O–H groups in total. The number of ether oxygens (including phenoxy) is 1. The van der Waals surface area contributed by atoms with Crippen LogP contribution in [-0.2, 0) is 13.2 Å². The van der Waals surface area contributed by atoms with Gasteiger partial charge in [-0.15, -0.1) is 0 Å². The number of benzene rings is 3. The van der Waals surface area contributed by atoms with Crippen molar-refractivity contribution in [2.24, 2.45) is 0 Å². The van der Waals surface area contributed by atoms with Gasteiger partial charge in [0.1, 0.15) is 12.4 Å². The van der Waals surface area contributed by atoms with Crippen molar-refractivity contribution in [2.75, 3.05) is 26.2 Å². The Morgan fingerprint density at radius 2 is 1.71 bits per heavy atom. The van der Waals surface area contributed by atoms with Gasteiger partial charge in [-0.25, -0.2) is 0 Å². The number of rotatable bonds is 6. The van der Waals surface area contributed by atoms with Crippen molar-refractivity contribution in [3.05, 3.63) is 100 Å². The van der Waals surface area contributed by atoms with E-state index in [0.717, 1.165) is 38.3 Å². The molecule has 0 radical (unpaired) electrons. The first-order valence-electron chi connectivity index (χ1n) is 10.6. The van der Waals surface area contributed by atoms with Crippen molar-refractivity contribution < 1.29 is 9.53 Å². The molecule has 3 aromatic carbocycles. The number of aryl methyl sites for hydroxylation is 1. The zero-order valence-electron chi connectivity index (χ0n) is 17.8. The SMILES string of the molecule is Cc1ccccc1CN1CCN(C(=O)c2cccc(COc3cccc(Cl)c3)c2)CC1.